The second-order valence-corrected chi connectivity index (χ2v) is 4.24. The van der Waals surface area contributed by atoms with E-state index in [1.54, 1.807) is 6.07 Å². The fourth-order valence-electron chi connectivity index (χ4n) is 1.92. The van der Waals surface area contributed by atoms with Crippen molar-refractivity contribution in [3.05, 3.63) is 30.3 Å². The maximum Gasteiger partial charge on any atom is 0.169 e. The minimum atomic E-state index is 0.164. The predicted octanol–water partition coefficient (Wildman–Crippen LogP) is 2.09. The molecule has 0 radical (unpaired) electrons. The Kier molecular flexibility index (Phi) is 2.90. The molecule has 0 bridgehead atoms. The van der Waals surface area contributed by atoms with Gasteiger partial charge < -0.3 is 19.7 Å². The van der Waals surface area contributed by atoms with Crippen LogP contribution in [-0.2, 0) is 4.74 Å². The predicted molar refractivity (Wildman–Crippen MR) is 66.2 cm³/mol. The van der Waals surface area contributed by atoms with Crippen LogP contribution >= 0.6 is 0 Å². The Morgan fingerprint density at radius 2 is 2.11 bits per heavy atom. The number of hydrogen-bond acceptors (Lipinski definition) is 5. The van der Waals surface area contributed by atoms with Gasteiger partial charge in [0, 0.05) is 18.1 Å². The van der Waals surface area contributed by atoms with Gasteiger partial charge in [0.15, 0.2) is 11.6 Å². The first kappa shape index (κ1) is 11.1. The molecule has 1 atom stereocenters. The number of ether oxygens (including phenoxy) is 2. The average molecular weight is 246 g/mol. The first-order valence-electron chi connectivity index (χ1n) is 5.88. The lowest BCUT2D eigenvalue weighted by atomic mass is 10.1. The summed E-state index contributed by atoms with van der Waals surface area (Å²) >= 11 is 0. The van der Waals surface area contributed by atoms with Crippen molar-refractivity contribution < 1.29 is 14.0 Å². The van der Waals surface area contributed by atoms with Gasteiger partial charge in [-0.25, -0.2) is 0 Å². The van der Waals surface area contributed by atoms with Crippen molar-refractivity contribution >= 4 is 5.82 Å². The number of nitrogens with zero attached hydrogens (tertiary/aromatic N) is 1. The van der Waals surface area contributed by atoms with E-state index in [2.05, 4.69) is 5.16 Å². The van der Waals surface area contributed by atoms with Crippen molar-refractivity contribution in [2.24, 2.45) is 0 Å². The van der Waals surface area contributed by atoms with Gasteiger partial charge >= 0.3 is 0 Å². The third-order valence-corrected chi connectivity index (χ3v) is 2.86. The first-order valence-corrected chi connectivity index (χ1v) is 5.88. The summed E-state index contributed by atoms with van der Waals surface area (Å²) in [7, 11) is 0. The normalized spacial score (nSPS) is 19.0. The number of anilines is 1. The van der Waals surface area contributed by atoms with E-state index in [0.29, 0.717) is 18.2 Å². The number of rotatable bonds is 3. The second-order valence-electron chi connectivity index (χ2n) is 4.24. The Morgan fingerprint density at radius 3 is 2.72 bits per heavy atom. The summed E-state index contributed by atoms with van der Waals surface area (Å²) < 4.78 is 16.1. The van der Waals surface area contributed by atoms with Crippen molar-refractivity contribution in [3.63, 3.8) is 0 Å². The molecule has 5 nitrogen and oxygen atoms in total. The van der Waals surface area contributed by atoms with E-state index in [0.717, 1.165) is 24.3 Å². The lowest BCUT2D eigenvalue weighted by Crippen LogP contribution is -2.15. The number of nitrogen functional groups attached to an aromatic ring is 1. The van der Waals surface area contributed by atoms with E-state index in [1.807, 2.05) is 24.3 Å². The zero-order chi connectivity index (χ0) is 12.4. The summed E-state index contributed by atoms with van der Waals surface area (Å²) in [5, 5.41) is 3.65. The molecule has 1 saturated heterocycles. The van der Waals surface area contributed by atoms with Crippen LogP contribution in [-0.4, -0.2) is 24.5 Å². The third-order valence-electron chi connectivity index (χ3n) is 2.86. The van der Waals surface area contributed by atoms with Crippen LogP contribution in [0, 0.1) is 0 Å². The highest BCUT2D eigenvalue weighted by molar-refractivity contribution is 5.60. The smallest absolute Gasteiger partial charge is 0.169 e. The highest BCUT2D eigenvalue weighted by atomic mass is 16.5. The first-order chi connectivity index (χ1) is 8.81. The molecule has 18 heavy (non-hydrogen) atoms. The van der Waals surface area contributed by atoms with E-state index in [1.165, 1.54) is 0 Å². The molecule has 5 heteroatoms. The molecule has 2 heterocycles. The van der Waals surface area contributed by atoms with Crippen molar-refractivity contribution in [2.75, 3.05) is 18.9 Å². The van der Waals surface area contributed by atoms with Crippen molar-refractivity contribution in [1.82, 2.24) is 5.16 Å². The van der Waals surface area contributed by atoms with Gasteiger partial charge in [0.2, 0.25) is 0 Å². The Bertz CT molecular complexity index is 515. The molecule has 1 aliphatic heterocycles. The highest BCUT2D eigenvalue weighted by Gasteiger charge is 2.17. The molecule has 1 fully saturated rings. The average Bonchev–Trinajstić information content (AvgIpc) is 3.02. The highest BCUT2D eigenvalue weighted by Crippen LogP contribution is 2.24. The molecule has 0 aliphatic carbocycles. The number of nitrogens with two attached hydrogens (primary N) is 1. The Hall–Kier alpha value is -2.01. The SMILES string of the molecule is Nc1cc(-c2ccc(OC3CCOC3)cc2)on1. The number of aromatic nitrogens is 1. The summed E-state index contributed by atoms with van der Waals surface area (Å²) in [6.07, 6.45) is 1.11. The Morgan fingerprint density at radius 1 is 1.28 bits per heavy atom. The molecule has 2 aromatic rings. The molecule has 2 N–H and O–H groups in total. The van der Waals surface area contributed by atoms with Gasteiger partial charge in [0.1, 0.15) is 11.9 Å². The van der Waals surface area contributed by atoms with Gasteiger partial charge in [-0.15, -0.1) is 0 Å². The largest absolute Gasteiger partial charge is 0.488 e. The molecule has 3 rings (SSSR count). The summed E-state index contributed by atoms with van der Waals surface area (Å²) in [4.78, 5) is 0. The van der Waals surface area contributed by atoms with Crippen LogP contribution in [0.5, 0.6) is 5.75 Å². The molecular formula is C13H14N2O3. The van der Waals surface area contributed by atoms with Crippen LogP contribution in [0.3, 0.4) is 0 Å². The zero-order valence-corrected chi connectivity index (χ0v) is 9.83. The standard InChI is InChI=1S/C13H14N2O3/c14-13-7-12(18-15-13)9-1-3-10(4-2-9)17-11-5-6-16-8-11/h1-4,7,11H,5-6,8H2,(H2,14,15). The summed E-state index contributed by atoms with van der Waals surface area (Å²) in [5.41, 5.74) is 6.44. The van der Waals surface area contributed by atoms with Gasteiger partial charge in [-0.3, -0.25) is 0 Å². The zero-order valence-electron chi connectivity index (χ0n) is 9.83. The van der Waals surface area contributed by atoms with Gasteiger partial charge in [0.05, 0.1) is 13.2 Å². The summed E-state index contributed by atoms with van der Waals surface area (Å²) in [5.74, 6) is 1.87. The van der Waals surface area contributed by atoms with Crippen LogP contribution in [0.25, 0.3) is 11.3 Å². The van der Waals surface area contributed by atoms with E-state index in [-0.39, 0.29) is 6.10 Å². The maximum absolute atomic E-state index is 5.78. The van der Waals surface area contributed by atoms with Gasteiger partial charge in [0.25, 0.3) is 0 Å². The monoisotopic (exact) mass is 246 g/mol. The van der Waals surface area contributed by atoms with Crippen LogP contribution < -0.4 is 10.5 Å². The molecule has 1 unspecified atom stereocenters. The molecule has 0 spiro atoms. The Balaban J connectivity index is 1.72. The fraction of sp³-hybridized carbons (Fsp3) is 0.308. The molecule has 0 amide bonds. The lowest BCUT2D eigenvalue weighted by molar-refractivity contribution is 0.141. The van der Waals surface area contributed by atoms with E-state index in [9.17, 15) is 0 Å². The van der Waals surface area contributed by atoms with Crippen molar-refractivity contribution in [2.45, 2.75) is 12.5 Å². The summed E-state index contributed by atoms with van der Waals surface area (Å²) in [6, 6.07) is 9.36. The lowest BCUT2D eigenvalue weighted by Gasteiger charge is -2.11. The van der Waals surface area contributed by atoms with Crippen molar-refractivity contribution in [3.8, 4) is 17.1 Å². The molecule has 1 aromatic carbocycles. The van der Waals surface area contributed by atoms with Gasteiger partial charge in [-0.1, -0.05) is 5.16 Å². The maximum atomic E-state index is 5.78. The molecule has 1 aromatic heterocycles. The van der Waals surface area contributed by atoms with E-state index >= 15 is 0 Å². The minimum Gasteiger partial charge on any atom is -0.488 e. The van der Waals surface area contributed by atoms with Crippen LogP contribution in [0.15, 0.2) is 34.9 Å². The molecule has 0 saturated carbocycles. The van der Waals surface area contributed by atoms with Crippen LogP contribution in [0.2, 0.25) is 0 Å². The quantitative estimate of drug-likeness (QED) is 0.897. The Labute approximate surface area is 104 Å². The number of hydrogen-bond donors (Lipinski definition) is 1. The van der Waals surface area contributed by atoms with Gasteiger partial charge in [-0.2, -0.15) is 0 Å². The molecule has 1 aliphatic rings. The molecule has 94 valence electrons. The van der Waals surface area contributed by atoms with E-state index in [4.69, 9.17) is 19.7 Å². The molecular weight excluding hydrogens is 232 g/mol. The fourth-order valence-corrected chi connectivity index (χ4v) is 1.92. The third kappa shape index (κ3) is 2.31. The van der Waals surface area contributed by atoms with Crippen LogP contribution in [0.4, 0.5) is 5.82 Å². The van der Waals surface area contributed by atoms with E-state index < -0.39 is 0 Å². The van der Waals surface area contributed by atoms with Crippen LogP contribution in [0.1, 0.15) is 6.42 Å². The summed E-state index contributed by atoms with van der Waals surface area (Å²) in [6.45, 7) is 1.44. The minimum absolute atomic E-state index is 0.164. The topological polar surface area (TPSA) is 70.5 Å². The second kappa shape index (κ2) is 4.70. The van der Waals surface area contributed by atoms with Crippen molar-refractivity contribution in [1.29, 1.82) is 0 Å². The number of benzene rings is 1. The van der Waals surface area contributed by atoms with Gasteiger partial charge in [-0.05, 0) is 24.3 Å².